The van der Waals surface area contributed by atoms with Crippen LogP contribution in [-0.4, -0.2) is 56.3 Å². The molecule has 2 unspecified atom stereocenters. The molecule has 25 heavy (non-hydrogen) atoms. The van der Waals surface area contributed by atoms with Gasteiger partial charge in [-0.25, -0.2) is 8.42 Å². The van der Waals surface area contributed by atoms with Crippen molar-refractivity contribution >= 4 is 21.6 Å². The van der Waals surface area contributed by atoms with Gasteiger partial charge in [0.05, 0.1) is 24.1 Å². The summed E-state index contributed by atoms with van der Waals surface area (Å²) >= 11 is 0. The first-order valence-electron chi connectivity index (χ1n) is 8.74. The fourth-order valence-electron chi connectivity index (χ4n) is 3.26. The molecule has 1 aromatic rings. The van der Waals surface area contributed by atoms with Crippen LogP contribution in [0.25, 0.3) is 0 Å². The van der Waals surface area contributed by atoms with E-state index in [2.05, 4.69) is 0 Å². The molecule has 1 aliphatic rings. The highest BCUT2D eigenvalue weighted by Gasteiger charge is 2.31. The number of anilines is 1. The number of aliphatic hydroxyl groups is 1. The van der Waals surface area contributed by atoms with Crippen molar-refractivity contribution in [3.63, 3.8) is 0 Å². The Morgan fingerprint density at radius 2 is 1.80 bits per heavy atom. The van der Waals surface area contributed by atoms with Gasteiger partial charge in [-0.3, -0.25) is 9.10 Å². The lowest BCUT2D eigenvalue weighted by Crippen LogP contribution is -2.50. The fourth-order valence-corrected chi connectivity index (χ4v) is 4.11. The zero-order valence-corrected chi connectivity index (χ0v) is 16.0. The molecule has 0 spiro atoms. The normalized spacial score (nSPS) is 21.0. The van der Waals surface area contributed by atoms with Crippen LogP contribution >= 0.6 is 0 Å². The standard InChI is InChI=1S/C18H28N2O4S/c1-4-14-9-11-15(12-10-14)20(25(3,23)24)13-18(22)19(2)16-7-5-6-8-17(16)21/h9-12,16-17,21H,4-8,13H2,1-3H3. The molecular weight excluding hydrogens is 340 g/mol. The molecule has 1 saturated carbocycles. The molecule has 2 atom stereocenters. The molecule has 0 bridgehead atoms. The number of hydrogen-bond donors (Lipinski definition) is 1. The van der Waals surface area contributed by atoms with Crippen LogP contribution < -0.4 is 4.31 Å². The highest BCUT2D eigenvalue weighted by atomic mass is 32.2. The second-order valence-electron chi connectivity index (χ2n) is 6.71. The molecule has 1 aliphatic carbocycles. The molecule has 1 aromatic carbocycles. The average Bonchev–Trinajstić information content (AvgIpc) is 2.58. The maximum atomic E-state index is 12.7. The number of sulfonamides is 1. The average molecular weight is 368 g/mol. The number of amides is 1. The molecule has 1 fully saturated rings. The van der Waals surface area contributed by atoms with Gasteiger partial charge in [-0.2, -0.15) is 0 Å². The predicted molar refractivity (Wildman–Crippen MR) is 99.0 cm³/mol. The third-order valence-corrected chi connectivity index (χ3v) is 6.04. The second-order valence-corrected chi connectivity index (χ2v) is 8.62. The zero-order chi connectivity index (χ0) is 18.6. The van der Waals surface area contributed by atoms with Crippen LogP contribution in [0.5, 0.6) is 0 Å². The van der Waals surface area contributed by atoms with Gasteiger partial charge >= 0.3 is 0 Å². The summed E-state index contributed by atoms with van der Waals surface area (Å²) in [6.07, 6.45) is 4.76. The van der Waals surface area contributed by atoms with E-state index < -0.39 is 16.1 Å². The Kier molecular flexibility index (Phi) is 6.46. The Hall–Kier alpha value is -1.60. The van der Waals surface area contributed by atoms with Gasteiger partial charge in [0.25, 0.3) is 0 Å². The number of aryl methyl sites for hydroxylation is 1. The van der Waals surface area contributed by atoms with Crippen LogP contribution in [0.4, 0.5) is 5.69 Å². The maximum absolute atomic E-state index is 12.7. The van der Waals surface area contributed by atoms with Gasteiger partial charge < -0.3 is 10.0 Å². The molecule has 0 radical (unpaired) electrons. The number of carbonyl (C=O) groups excluding carboxylic acids is 1. The molecule has 0 aromatic heterocycles. The minimum absolute atomic E-state index is 0.245. The molecule has 140 valence electrons. The van der Waals surface area contributed by atoms with Gasteiger partial charge in [0.15, 0.2) is 0 Å². The minimum Gasteiger partial charge on any atom is -0.391 e. The summed E-state index contributed by atoms with van der Waals surface area (Å²) in [4.78, 5) is 14.2. The van der Waals surface area contributed by atoms with E-state index in [9.17, 15) is 18.3 Å². The van der Waals surface area contributed by atoms with Crippen molar-refractivity contribution in [2.45, 2.75) is 51.2 Å². The first-order chi connectivity index (χ1) is 11.7. The van der Waals surface area contributed by atoms with Crippen molar-refractivity contribution < 1.29 is 18.3 Å². The third-order valence-electron chi connectivity index (χ3n) is 4.90. The van der Waals surface area contributed by atoms with Gasteiger partial charge in [-0.1, -0.05) is 31.9 Å². The van der Waals surface area contributed by atoms with E-state index in [-0.39, 0.29) is 18.5 Å². The van der Waals surface area contributed by atoms with Crippen molar-refractivity contribution in [1.82, 2.24) is 4.90 Å². The largest absolute Gasteiger partial charge is 0.391 e. The van der Waals surface area contributed by atoms with E-state index in [0.29, 0.717) is 12.1 Å². The SMILES string of the molecule is CCc1ccc(N(CC(=O)N(C)C2CCCCC2O)S(C)(=O)=O)cc1. The van der Waals surface area contributed by atoms with E-state index in [4.69, 9.17) is 0 Å². The number of aliphatic hydroxyl groups excluding tert-OH is 1. The van der Waals surface area contributed by atoms with E-state index in [0.717, 1.165) is 41.8 Å². The smallest absolute Gasteiger partial charge is 0.243 e. The Labute approximate surface area is 150 Å². The minimum atomic E-state index is -3.59. The van der Waals surface area contributed by atoms with E-state index >= 15 is 0 Å². The predicted octanol–water partition coefficient (Wildman–Crippen LogP) is 1.78. The Bertz CT molecular complexity index is 688. The summed E-state index contributed by atoms with van der Waals surface area (Å²) in [7, 11) is -1.95. The van der Waals surface area contributed by atoms with Crippen molar-refractivity contribution in [3.8, 4) is 0 Å². The van der Waals surface area contributed by atoms with Crippen LogP contribution in [0.2, 0.25) is 0 Å². The van der Waals surface area contributed by atoms with Gasteiger partial charge in [0.2, 0.25) is 15.9 Å². The highest BCUT2D eigenvalue weighted by molar-refractivity contribution is 7.92. The van der Waals surface area contributed by atoms with Crippen molar-refractivity contribution in [1.29, 1.82) is 0 Å². The van der Waals surface area contributed by atoms with Crippen LogP contribution in [0.3, 0.4) is 0 Å². The summed E-state index contributed by atoms with van der Waals surface area (Å²) in [5.41, 5.74) is 1.58. The molecule has 7 heteroatoms. The van der Waals surface area contributed by atoms with Gasteiger partial charge in [0.1, 0.15) is 6.54 Å². The highest BCUT2D eigenvalue weighted by Crippen LogP contribution is 2.24. The lowest BCUT2D eigenvalue weighted by molar-refractivity contribution is -0.133. The maximum Gasteiger partial charge on any atom is 0.243 e. The van der Waals surface area contributed by atoms with Crippen LogP contribution in [0, 0.1) is 0 Å². The first kappa shape index (κ1) is 19.7. The topological polar surface area (TPSA) is 77.9 Å². The molecule has 2 rings (SSSR count). The van der Waals surface area contributed by atoms with E-state index in [1.165, 1.54) is 4.90 Å². The summed E-state index contributed by atoms with van der Waals surface area (Å²) in [5.74, 6) is -0.309. The van der Waals surface area contributed by atoms with Crippen LogP contribution in [0.15, 0.2) is 24.3 Å². The Morgan fingerprint density at radius 3 is 2.32 bits per heavy atom. The third kappa shape index (κ3) is 4.95. The van der Waals surface area contributed by atoms with E-state index in [1.54, 1.807) is 19.2 Å². The van der Waals surface area contributed by atoms with Gasteiger partial charge in [-0.05, 0) is 37.0 Å². The second kappa shape index (κ2) is 8.19. The number of benzene rings is 1. The summed E-state index contributed by atoms with van der Waals surface area (Å²) in [5, 5.41) is 10.1. The fraction of sp³-hybridized carbons (Fsp3) is 0.611. The lowest BCUT2D eigenvalue weighted by Gasteiger charge is -2.36. The molecule has 1 amide bonds. The quantitative estimate of drug-likeness (QED) is 0.830. The van der Waals surface area contributed by atoms with Gasteiger partial charge in [0, 0.05) is 7.05 Å². The monoisotopic (exact) mass is 368 g/mol. The zero-order valence-electron chi connectivity index (χ0n) is 15.2. The van der Waals surface area contributed by atoms with Crippen molar-refractivity contribution in [2.24, 2.45) is 0 Å². The van der Waals surface area contributed by atoms with Crippen LogP contribution in [-0.2, 0) is 21.2 Å². The summed E-state index contributed by atoms with van der Waals surface area (Å²) < 4.78 is 25.5. The number of carbonyl (C=O) groups is 1. The number of hydrogen-bond acceptors (Lipinski definition) is 4. The first-order valence-corrected chi connectivity index (χ1v) is 10.6. The molecule has 6 nitrogen and oxygen atoms in total. The van der Waals surface area contributed by atoms with Crippen LogP contribution in [0.1, 0.15) is 38.2 Å². The Balaban J connectivity index is 2.17. The van der Waals surface area contributed by atoms with Crippen molar-refractivity contribution in [2.75, 3.05) is 24.2 Å². The lowest BCUT2D eigenvalue weighted by atomic mass is 9.91. The van der Waals surface area contributed by atoms with Gasteiger partial charge in [-0.15, -0.1) is 0 Å². The Morgan fingerprint density at radius 1 is 1.20 bits per heavy atom. The van der Waals surface area contributed by atoms with Crippen molar-refractivity contribution in [3.05, 3.63) is 29.8 Å². The number of rotatable bonds is 6. The molecule has 0 heterocycles. The molecule has 0 aliphatic heterocycles. The number of nitrogens with zero attached hydrogens (tertiary/aromatic N) is 2. The molecule has 1 N–H and O–H groups in total. The molecule has 0 saturated heterocycles. The molecular formula is C18H28N2O4S. The number of likely N-dealkylation sites (N-methyl/N-ethyl adjacent to an activating group) is 1. The van der Waals surface area contributed by atoms with E-state index in [1.807, 2.05) is 19.1 Å². The summed E-state index contributed by atoms with van der Waals surface area (Å²) in [6.45, 7) is 1.77. The summed E-state index contributed by atoms with van der Waals surface area (Å²) in [6, 6.07) is 6.94.